The van der Waals surface area contributed by atoms with Gasteiger partial charge in [-0.1, -0.05) is 55.5 Å². The average molecular weight is 653 g/mol. The molecule has 2 aliphatic rings. The van der Waals surface area contributed by atoms with E-state index in [2.05, 4.69) is 10.1 Å². The summed E-state index contributed by atoms with van der Waals surface area (Å²) in [5, 5.41) is 33.1. The number of carbonyl (C=O) groups is 3. The predicted molar refractivity (Wildman–Crippen MR) is 174 cm³/mol. The number of rotatable bonds is 10. The highest BCUT2D eigenvalue weighted by Gasteiger charge is 2.39. The first kappa shape index (κ1) is 33.0. The number of nitrogens with zero attached hydrogens (tertiary/aromatic N) is 1. The van der Waals surface area contributed by atoms with Gasteiger partial charge in [-0.2, -0.15) is 0 Å². The molecule has 0 saturated carbocycles. The standard InChI is InChI=1S/C37H36N2O9/c1-21-32(19-39(2)18-31(42)24-5-4-8-28(41)16-24)46-37(47-33(21)23-11-9-22(20-40)10-12-23)26-6-3-7-27(15-26)38-34(43)25-13-14-29-30(17-25)36(45)48-35(29)44/h3-17,21,31-33,37,40-42H,18-20H2,1-2H3,(H,38,43)/t21-,31+,32+,33+,37?/m0/s1. The highest BCUT2D eigenvalue weighted by atomic mass is 16.7. The third-order valence-corrected chi connectivity index (χ3v) is 8.68. The van der Waals surface area contributed by atoms with Crippen molar-refractivity contribution < 1.29 is 43.9 Å². The first-order valence-electron chi connectivity index (χ1n) is 15.6. The molecule has 0 bridgehead atoms. The van der Waals surface area contributed by atoms with Gasteiger partial charge in [-0.3, -0.25) is 4.79 Å². The normalized spacial score (nSPS) is 21.1. The maximum absolute atomic E-state index is 13.1. The second-order valence-corrected chi connectivity index (χ2v) is 12.2. The van der Waals surface area contributed by atoms with Crippen molar-refractivity contribution in [2.75, 3.05) is 25.5 Å². The number of cyclic esters (lactones) is 2. The number of hydrogen-bond acceptors (Lipinski definition) is 10. The third kappa shape index (κ3) is 7.15. The first-order chi connectivity index (χ1) is 23.1. The third-order valence-electron chi connectivity index (χ3n) is 8.68. The number of benzene rings is 4. The number of aromatic hydroxyl groups is 1. The van der Waals surface area contributed by atoms with Crippen LogP contribution in [0.5, 0.6) is 5.75 Å². The van der Waals surface area contributed by atoms with Crippen LogP contribution in [0.15, 0.2) is 91.0 Å². The number of likely N-dealkylation sites (N-methyl/N-ethyl adjacent to an activating group) is 1. The van der Waals surface area contributed by atoms with Gasteiger partial charge in [0.05, 0.1) is 36.0 Å². The van der Waals surface area contributed by atoms with E-state index in [9.17, 15) is 29.7 Å². The molecule has 11 nitrogen and oxygen atoms in total. The minimum Gasteiger partial charge on any atom is -0.508 e. The molecule has 2 aliphatic heterocycles. The first-order valence-corrected chi connectivity index (χ1v) is 15.6. The molecule has 4 aromatic rings. The molecule has 5 atom stereocenters. The maximum atomic E-state index is 13.1. The van der Waals surface area contributed by atoms with Gasteiger partial charge in [-0.25, -0.2) is 9.59 Å². The lowest BCUT2D eigenvalue weighted by Gasteiger charge is -2.42. The van der Waals surface area contributed by atoms with Crippen LogP contribution < -0.4 is 5.32 Å². The molecule has 4 N–H and O–H groups in total. The number of phenolic OH excluding ortho intramolecular Hbond substituents is 1. The SMILES string of the molecule is C[C@H]1[C@@H](CN(C)C[C@@H](O)c2cccc(O)c2)OC(c2cccc(NC(=O)c3ccc4c(c3)C(=O)OC4=O)c2)O[C@H]1c1ccc(CO)cc1. The van der Waals surface area contributed by atoms with Gasteiger partial charge in [0.25, 0.3) is 5.91 Å². The van der Waals surface area contributed by atoms with E-state index < -0.39 is 30.2 Å². The van der Waals surface area contributed by atoms with Crippen molar-refractivity contribution >= 4 is 23.5 Å². The van der Waals surface area contributed by atoms with Gasteiger partial charge in [-0.05, 0) is 66.2 Å². The van der Waals surface area contributed by atoms with Crippen LogP contribution in [-0.4, -0.2) is 64.3 Å². The van der Waals surface area contributed by atoms with Crippen LogP contribution in [0, 0.1) is 5.92 Å². The average Bonchev–Trinajstić information content (AvgIpc) is 3.37. The molecular weight excluding hydrogens is 616 g/mol. The Morgan fingerprint density at radius 3 is 2.40 bits per heavy atom. The van der Waals surface area contributed by atoms with E-state index in [1.165, 1.54) is 18.2 Å². The zero-order valence-electron chi connectivity index (χ0n) is 26.4. The fraction of sp³-hybridized carbons (Fsp3) is 0.270. The second kappa shape index (κ2) is 14.1. The number of esters is 2. The van der Waals surface area contributed by atoms with Crippen molar-refractivity contribution in [3.63, 3.8) is 0 Å². The molecule has 48 heavy (non-hydrogen) atoms. The van der Waals surface area contributed by atoms with Crippen LogP contribution in [0.4, 0.5) is 5.69 Å². The summed E-state index contributed by atoms with van der Waals surface area (Å²) >= 11 is 0. The summed E-state index contributed by atoms with van der Waals surface area (Å²) in [4.78, 5) is 38.9. The van der Waals surface area contributed by atoms with E-state index in [0.717, 1.165) is 11.1 Å². The Balaban J connectivity index is 1.21. The maximum Gasteiger partial charge on any atom is 0.346 e. The number of anilines is 1. The molecule has 6 rings (SSSR count). The lowest BCUT2D eigenvalue weighted by Crippen LogP contribution is -2.44. The Hall–Kier alpha value is -4.91. The summed E-state index contributed by atoms with van der Waals surface area (Å²) in [6.45, 7) is 2.73. The molecule has 0 aromatic heterocycles. The number of amides is 1. The smallest absolute Gasteiger partial charge is 0.346 e. The minimum absolute atomic E-state index is 0.0445. The fourth-order valence-corrected chi connectivity index (χ4v) is 6.04. The molecule has 11 heteroatoms. The lowest BCUT2D eigenvalue weighted by molar-refractivity contribution is -0.276. The molecule has 1 fully saturated rings. The van der Waals surface area contributed by atoms with Crippen molar-refractivity contribution in [3.8, 4) is 5.75 Å². The van der Waals surface area contributed by atoms with E-state index in [4.69, 9.17) is 9.47 Å². The van der Waals surface area contributed by atoms with Crippen LogP contribution in [-0.2, 0) is 20.8 Å². The van der Waals surface area contributed by atoms with Crippen LogP contribution >= 0.6 is 0 Å². The van der Waals surface area contributed by atoms with E-state index >= 15 is 0 Å². The Bertz CT molecular complexity index is 1830. The Labute approximate surface area is 277 Å². The molecule has 1 saturated heterocycles. The zero-order chi connectivity index (χ0) is 33.9. The molecule has 0 radical (unpaired) electrons. The number of aliphatic hydroxyl groups is 2. The number of carbonyl (C=O) groups excluding carboxylic acids is 3. The van der Waals surface area contributed by atoms with Gasteiger partial charge >= 0.3 is 11.9 Å². The molecular formula is C37H36N2O9. The summed E-state index contributed by atoms with van der Waals surface area (Å²) in [6.07, 6.45) is -2.35. The van der Waals surface area contributed by atoms with Gasteiger partial charge in [0.2, 0.25) is 0 Å². The summed E-state index contributed by atoms with van der Waals surface area (Å²) < 4.78 is 17.7. The van der Waals surface area contributed by atoms with Gasteiger partial charge in [0, 0.05) is 35.8 Å². The number of aliphatic hydroxyl groups excluding tert-OH is 2. The van der Waals surface area contributed by atoms with Crippen molar-refractivity contribution in [3.05, 3.63) is 130 Å². The molecule has 0 spiro atoms. The largest absolute Gasteiger partial charge is 0.508 e. The quantitative estimate of drug-likeness (QED) is 0.137. The highest BCUT2D eigenvalue weighted by Crippen LogP contribution is 2.42. The van der Waals surface area contributed by atoms with Crippen LogP contribution in [0.2, 0.25) is 0 Å². The Morgan fingerprint density at radius 2 is 1.65 bits per heavy atom. The van der Waals surface area contributed by atoms with Crippen molar-refractivity contribution in [2.45, 2.75) is 38.1 Å². The van der Waals surface area contributed by atoms with Gasteiger partial charge < -0.3 is 39.7 Å². The lowest BCUT2D eigenvalue weighted by atomic mass is 9.90. The van der Waals surface area contributed by atoms with E-state index in [-0.39, 0.29) is 47.2 Å². The minimum atomic E-state index is -0.827. The van der Waals surface area contributed by atoms with Crippen molar-refractivity contribution in [1.82, 2.24) is 4.90 Å². The summed E-state index contributed by atoms with van der Waals surface area (Å²) in [5.74, 6) is -2.03. The van der Waals surface area contributed by atoms with Gasteiger partial charge in [-0.15, -0.1) is 0 Å². The highest BCUT2D eigenvalue weighted by molar-refractivity contribution is 6.16. The monoisotopic (exact) mass is 652 g/mol. The van der Waals surface area contributed by atoms with E-state index in [1.54, 1.807) is 42.5 Å². The topological polar surface area (TPSA) is 155 Å². The van der Waals surface area contributed by atoms with Crippen molar-refractivity contribution in [1.29, 1.82) is 0 Å². The Kier molecular flexibility index (Phi) is 9.67. The summed E-state index contributed by atoms with van der Waals surface area (Å²) in [5.41, 5.74) is 3.78. The van der Waals surface area contributed by atoms with Gasteiger partial charge in [0.15, 0.2) is 6.29 Å². The van der Waals surface area contributed by atoms with Crippen LogP contribution in [0.3, 0.4) is 0 Å². The number of nitrogens with one attached hydrogen (secondary N) is 1. The van der Waals surface area contributed by atoms with Crippen LogP contribution in [0.25, 0.3) is 0 Å². The molecule has 4 aromatic carbocycles. The molecule has 1 unspecified atom stereocenters. The summed E-state index contributed by atoms with van der Waals surface area (Å²) in [6, 6.07) is 25.4. The second-order valence-electron chi connectivity index (χ2n) is 12.2. The number of fused-ring (bicyclic) bond motifs is 1. The number of phenols is 1. The van der Waals surface area contributed by atoms with Gasteiger partial charge in [0.1, 0.15) is 5.75 Å². The fourth-order valence-electron chi connectivity index (χ4n) is 6.04. The summed E-state index contributed by atoms with van der Waals surface area (Å²) in [7, 11) is 1.89. The molecule has 248 valence electrons. The Morgan fingerprint density at radius 1 is 0.896 bits per heavy atom. The van der Waals surface area contributed by atoms with Crippen molar-refractivity contribution in [2.24, 2.45) is 5.92 Å². The zero-order valence-corrected chi connectivity index (χ0v) is 26.4. The van der Waals surface area contributed by atoms with E-state index in [0.29, 0.717) is 29.9 Å². The number of ether oxygens (including phenoxy) is 3. The van der Waals surface area contributed by atoms with E-state index in [1.807, 2.05) is 49.2 Å². The molecule has 1 amide bonds. The predicted octanol–water partition coefficient (Wildman–Crippen LogP) is 4.90. The molecule has 2 heterocycles. The number of hydrogen-bond donors (Lipinski definition) is 4. The van der Waals surface area contributed by atoms with Crippen LogP contribution in [0.1, 0.15) is 78.7 Å². The molecule has 0 aliphatic carbocycles.